The monoisotopic (exact) mass is 370 g/mol. The minimum absolute atomic E-state index is 0. The van der Waals surface area contributed by atoms with Crippen LogP contribution < -0.4 is 16.4 Å². The Balaban J connectivity index is 0.00000312. The van der Waals surface area contributed by atoms with Crippen LogP contribution in [0.1, 0.15) is 24.8 Å². The molecule has 1 heterocycles. The van der Waals surface area contributed by atoms with Gasteiger partial charge < -0.3 is 26.0 Å². The first-order chi connectivity index (χ1) is 11.6. The number of nitrogens with zero attached hydrogens (tertiary/aromatic N) is 1. The van der Waals surface area contributed by atoms with Gasteiger partial charge >= 0.3 is 6.03 Å². The number of rotatable bonds is 7. The highest BCUT2D eigenvalue weighted by molar-refractivity contribution is 5.89. The van der Waals surface area contributed by atoms with Gasteiger partial charge in [-0.1, -0.05) is 12.1 Å². The van der Waals surface area contributed by atoms with Gasteiger partial charge in [0.15, 0.2) is 0 Å². The Bertz CT molecular complexity index is 561. The largest absolute Gasteiger partial charge is 0.380 e. The minimum Gasteiger partial charge on any atom is -0.380 e. The maximum absolute atomic E-state index is 12.1. The van der Waals surface area contributed by atoms with Gasteiger partial charge in [0.25, 0.3) is 0 Å². The first kappa shape index (κ1) is 21.2. The first-order valence-corrected chi connectivity index (χ1v) is 8.27. The molecule has 1 aromatic carbocycles. The molecule has 1 aromatic rings. The van der Waals surface area contributed by atoms with Gasteiger partial charge in [-0.15, -0.1) is 12.4 Å². The highest BCUT2D eigenvalue weighted by Gasteiger charge is 2.17. The lowest BCUT2D eigenvalue weighted by atomic mass is 10.2. The van der Waals surface area contributed by atoms with Crippen molar-refractivity contribution in [1.29, 1.82) is 0 Å². The molecule has 0 saturated carbocycles. The van der Waals surface area contributed by atoms with Crippen molar-refractivity contribution in [1.82, 2.24) is 10.2 Å². The number of benzene rings is 1. The molecular weight excluding hydrogens is 344 g/mol. The second-order valence-electron chi connectivity index (χ2n) is 5.90. The van der Waals surface area contributed by atoms with E-state index in [0.717, 1.165) is 37.2 Å². The first-order valence-electron chi connectivity index (χ1n) is 8.27. The number of hydrogen-bond donors (Lipinski definition) is 3. The SMILES string of the molecule is COC(CN)CC(=O)NCc1cccc(NC(=O)N2CCCC2)c1.Cl. The third-order valence-corrected chi connectivity index (χ3v) is 4.07. The Morgan fingerprint density at radius 2 is 2.04 bits per heavy atom. The number of carbonyl (C=O) groups is 2. The zero-order valence-corrected chi connectivity index (χ0v) is 15.3. The van der Waals surface area contributed by atoms with Crippen molar-refractivity contribution in [2.45, 2.75) is 31.9 Å². The topological polar surface area (TPSA) is 96.7 Å². The summed E-state index contributed by atoms with van der Waals surface area (Å²) < 4.78 is 5.10. The zero-order valence-electron chi connectivity index (χ0n) is 14.5. The molecule has 25 heavy (non-hydrogen) atoms. The van der Waals surface area contributed by atoms with Crippen LogP contribution in [0.2, 0.25) is 0 Å². The van der Waals surface area contributed by atoms with Crippen LogP contribution in [-0.4, -0.2) is 49.7 Å². The number of methoxy groups -OCH3 is 1. The lowest BCUT2D eigenvalue weighted by Gasteiger charge is -2.16. The Labute approximate surface area is 154 Å². The number of hydrogen-bond acceptors (Lipinski definition) is 4. The summed E-state index contributed by atoms with van der Waals surface area (Å²) in [4.78, 5) is 25.8. The average molecular weight is 371 g/mol. The summed E-state index contributed by atoms with van der Waals surface area (Å²) in [5, 5.41) is 5.74. The molecule has 1 unspecified atom stereocenters. The van der Waals surface area contributed by atoms with Crippen molar-refractivity contribution in [3.63, 3.8) is 0 Å². The Morgan fingerprint density at radius 1 is 1.32 bits per heavy atom. The molecule has 140 valence electrons. The molecule has 0 spiro atoms. The van der Waals surface area contributed by atoms with Crippen molar-refractivity contribution in [3.05, 3.63) is 29.8 Å². The number of anilines is 1. The van der Waals surface area contributed by atoms with Crippen LogP contribution in [0.25, 0.3) is 0 Å². The molecule has 1 atom stereocenters. The van der Waals surface area contributed by atoms with Crippen LogP contribution in [-0.2, 0) is 16.1 Å². The van der Waals surface area contributed by atoms with Crippen molar-refractivity contribution in [3.8, 4) is 0 Å². The van der Waals surface area contributed by atoms with E-state index >= 15 is 0 Å². The van der Waals surface area contributed by atoms with Crippen molar-refractivity contribution < 1.29 is 14.3 Å². The molecule has 1 aliphatic rings. The van der Waals surface area contributed by atoms with Gasteiger partial charge in [0.2, 0.25) is 5.91 Å². The van der Waals surface area contributed by atoms with Gasteiger partial charge in [0.05, 0.1) is 12.5 Å². The highest BCUT2D eigenvalue weighted by atomic mass is 35.5. The second kappa shape index (κ2) is 10.9. The summed E-state index contributed by atoms with van der Waals surface area (Å²) >= 11 is 0. The van der Waals surface area contributed by atoms with Gasteiger partial charge in [0.1, 0.15) is 0 Å². The van der Waals surface area contributed by atoms with Crippen molar-refractivity contribution in [2.24, 2.45) is 5.73 Å². The summed E-state index contributed by atoms with van der Waals surface area (Å²) in [6, 6.07) is 7.40. The number of amides is 3. The summed E-state index contributed by atoms with van der Waals surface area (Å²) in [7, 11) is 1.54. The molecule has 0 bridgehead atoms. The van der Waals surface area contributed by atoms with Gasteiger partial charge in [-0.05, 0) is 30.5 Å². The molecule has 4 N–H and O–H groups in total. The van der Waals surface area contributed by atoms with E-state index in [1.54, 1.807) is 0 Å². The maximum atomic E-state index is 12.1. The number of nitrogens with two attached hydrogens (primary N) is 1. The predicted molar refractivity (Wildman–Crippen MR) is 99.8 cm³/mol. The fourth-order valence-corrected chi connectivity index (χ4v) is 2.62. The van der Waals surface area contributed by atoms with Gasteiger partial charge in [-0.25, -0.2) is 4.79 Å². The third kappa shape index (κ3) is 6.89. The predicted octanol–water partition coefficient (Wildman–Crippen LogP) is 1.72. The van der Waals surface area contributed by atoms with E-state index in [2.05, 4.69) is 10.6 Å². The van der Waals surface area contributed by atoms with Gasteiger partial charge in [-0.2, -0.15) is 0 Å². The van der Waals surface area contributed by atoms with Gasteiger partial charge in [-0.3, -0.25) is 4.79 Å². The van der Waals surface area contributed by atoms with Crippen LogP contribution in [0.5, 0.6) is 0 Å². The normalized spacial score (nSPS) is 14.6. The number of ether oxygens (including phenoxy) is 1. The highest BCUT2D eigenvalue weighted by Crippen LogP contribution is 2.14. The molecule has 2 rings (SSSR count). The molecular formula is C17H27ClN4O3. The van der Waals surface area contributed by atoms with Crippen LogP contribution in [0.15, 0.2) is 24.3 Å². The quantitative estimate of drug-likeness (QED) is 0.680. The molecule has 0 aromatic heterocycles. The summed E-state index contributed by atoms with van der Waals surface area (Å²) in [5.74, 6) is -0.112. The van der Waals surface area contributed by atoms with E-state index in [1.165, 1.54) is 7.11 Å². The number of urea groups is 1. The maximum Gasteiger partial charge on any atom is 0.321 e. The number of carbonyl (C=O) groups excluding carboxylic acids is 2. The van der Waals surface area contributed by atoms with Crippen LogP contribution in [0.3, 0.4) is 0 Å². The summed E-state index contributed by atoms with van der Waals surface area (Å²) in [6.07, 6.45) is 2.09. The summed E-state index contributed by atoms with van der Waals surface area (Å²) in [6.45, 7) is 2.32. The van der Waals surface area contributed by atoms with E-state index in [1.807, 2.05) is 29.2 Å². The molecule has 0 aliphatic carbocycles. The zero-order chi connectivity index (χ0) is 17.4. The van der Waals surface area contributed by atoms with E-state index in [-0.39, 0.29) is 36.9 Å². The third-order valence-electron chi connectivity index (χ3n) is 4.07. The number of nitrogens with one attached hydrogen (secondary N) is 2. The van der Waals surface area contributed by atoms with E-state index < -0.39 is 0 Å². The van der Waals surface area contributed by atoms with E-state index in [0.29, 0.717) is 13.1 Å². The lowest BCUT2D eigenvalue weighted by Crippen LogP contribution is -2.32. The molecule has 1 aliphatic heterocycles. The molecule has 8 heteroatoms. The molecule has 1 saturated heterocycles. The molecule has 1 fully saturated rings. The Hall–Kier alpha value is -1.83. The van der Waals surface area contributed by atoms with Crippen LogP contribution in [0.4, 0.5) is 10.5 Å². The Kier molecular flexibility index (Phi) is 9.26. The fourth-order valence-electron chi connectivity index (χ4n) is 2.62. The molecule has 7 nitrogen and oxygen atoms in total. The second-order valence-corrected chi connectivity index (χ2v) is 5.90. The van der Waals surface area contributed by atoms with Crippen molar-refractivity contribution >= 4 is 30.0 Å². The average Bonchev–Trinajstić information content (AvgIpc) is 3.13. The number of likely N-dealkylation sites (tertiary alicyclic amines) is 1. The minimum atomic E-state index is -0.268. The van der Waals surface area contributed by atoms with Crippen LogP contribution >= 0.6 is 12.4 Å². The number of halogens is 1. The molecule has 3 amide bonds. The van der Waals surface area contributed by atoms with E-state index in [4.69, 9.17) is 10.5 Å². The lowest BCUT2D eigenvalue weighted by molar-refractivity contribution is -0.123. The molecule has 0 radical (unpaired) electrons. The summed E-state index contributed by atoms with van der Waals surface area (Å²) in [5.41, 5.74) is 7.16. The fraction of sp³-hybridized carbons (Fsp3) is 0.529. The van der Waals surface area contributed by atoms with Crippen molar-refractivity contribution in [2.75, 3.05) is 32.1 Å². The Morgan fingerprint density at radius 3 is 2.68 bits per heavy atom. The van der Waals surface area contributed by atoms with E-state index in [9.17, 15) is 9.59 Å². The smallest absolute Gasteiger partial charge is 0.321 e. The van der Waals surface area contributed by atoms with Crippen LogP contribution in [0, 0.1) is 0 Å². The standard InChI is InChI=1S/C17H26N4O3.ClH/c1-24-15(11-18)10-16(22)19-12-13-5-4-6-14(9-13)20-17(23)21-7-2-3-8-21;/h4-6,9,15H,2-3,7-8,10-12,18H2,1H3,(H,19,22)(H,20,23);1H. The van der Waals surface area contributed by atoms with Gasteiger partial charge in [0, 0.05) is 39.0 Å².